The molecule has 0 amide bonds. The minimum absolute atomic E-state index is 0.223. The van der Waals surface area contributed by atoms with Crippen LogP contribution in [0.25, 0.3) is 0 Å². The molecular formula is C16H30N2O. The van der Waals surface area contributed by atoms with Crippen LogP contribution in [0.1, 0.15) is 58.3 Å². The highest BCUT2D eigenvalue weighted by Gasteiger charge is 2.13. The quantitative estimate of drug-likeness (QED) is 0.459. The maximum atomic E-state index is 8.96. The first-order valence-electron chi connectivity index (χ1n) is 7.92. The summed E-state index contributed by atoms with van der Waals surface area (Å²) >= 11 is 0. The third kappa shape index (κ3) is 7.36. The number of allylic oxidation sites excluding steroid dienone is 1. The second-order valence-electron chi connectivity index (χ2n) is 5.24. The maximum Gasteiger partial charge on any atom is 0.103 e. The number of nitrogens with zero attached hydrogens (tertiary/aromatic N) is 2. The first-order valence-corrected chi connectivity index (χ1v) is 7.92. The smallest absolute Gasteiger partial charge is 0.103 e. The van der Waals surface area contributed by atoms with E-state index in [0.717, 1.165) is 31.9 Å². The fourth-order valence-corrected chi connectivity index (χ4v) is 2.43. The highest BCUT2D eigenvalue weighted by atomic mass is 16.3. The van der Waals surface area contributed by atoms with Crippen LogP contribution in [0.3, 0.4) is 0 Å². The lowest BCUT2D eigenvalue weighted by Crippen LogP contribution is -2.30. The third-order valence-electron chi connectivity index (χ3n) is 3.59. The zero-order chi connectivity index (χ0) is 13.8. The summed E-state index contributed by atoms with van der Waals surface area (Å²) in [5.74, 6) is 1.15. The average molecular weight is 266 g/mol. The van der Waals surface area contributed by atoms with Crippen molar-refractivity contribution in [1.82, 2.24) is 4.90 Å². The van der Waals surface area contributed by atoms with Crippen LogP contribution in [0, 0.1) is 0 Å². The van der Waals surface area contributed by atoms with Gasteiger partial charge in [0.15, 0.2) is 0 Å². The van der Waals surface area contributed by atoms with Crippen molar-refractivity contribution in [3.63, 3.8) is 0 Å². The summed E-state index contributed by atoms with van der Waals surface area (Å²) in [5, 5.41) is 8.96. The van der Waals surface area contributed by atoms with Crippen molar-refractivity contribution >= 4 is 5.84 Å². The summed E-state index contributed by atoms with van der Waals surface area (Å²) in [6.45, 7) is 5.07. The molecule has 3 nitrogen and oxygen atoms in total. The molecule has 0 aliphatic carbocycles. The summed E-state index contributed by atoms with van der Waals surface area (Å²) in [5.41, 5.74) is 0. The van der Waals surface area contributed by atoms with E-state index in [2.05, 4.69) is 29.0 Å². The molecule has 0 bridgehead atoms. The van der Waals surface area contributed by atoms with Crippen LogP contribution >= 0.6 is 0 Å². The molecule has 0 saturated carbocycles. The van der Waals surface area contributed by atoms with E-state index in [-0.39, 0.29) is 6.61 Å². The molecule has 0 radical (unpaired) electrons. The Labute approximate surface area is 118 Å². The largest absolute Gasteiger partial charge is 0.395 e. The Morgan fingerprint density at radius 3 is 2.74 bits per heavy atom. The number of unbranched alkanes of at least 4 members (excludes halogenated alkanes) is 6. The molecular weight excluding hydrogens is 236 g/mol. The lowest BCUT2D eigenvalue weighted by molar-refractivity contribution is 0.255. The van der Waals surface area contributed by atoms with E-state index in [1.165, 1.54) is 44.9 Å². The number of amidine groups is 1. The second-order valence-corrected chi connectivity index (χ2v) is 5.24. The van der Waals surface area contributed by atoms with Gasteiger partial charge in [0.25, 0.3) is 0 Å². The molecule has 0 unspecified atom stereocenters. The fraction of sp³-hybridized carbons (Fsp3) is 0.812. The van der Waals surface area contributed by atoms with Crippen molar-refractivity contribution in [3.8, 4) is 0 Å². The molecule has 3 heteroatoms. The molecule has 0 aromatic heterocycles. The van der Waals surface area contributed by atoms with Crippen molar-refractivity contribution in [2.75, 3.05) is 26.2 Å². The molecule has 110 valence electrons. The molecule has 0 aromatic rings. The highest BCUT2D eigenvalue weighted by molar-refractivity contribution is 5.85. The summed E-state index contributed by atoms with van der Waals surface area (Å²) < 4.78 is 0. The van der Waals surface area contributed by atoms with E-state index >= 15 is 0 Å². The number of rotatable bonds is 11. The molecule has 1 heterocycles. The summed E-state index contributed by atoms with van der Waals surface area (Å²) in [7, 11) is 0. The summed E-state index contributed by atoms with van der Waals surface area (Å²) in [6, 6.07) is 0. The van der Waals surface area contributed by atoms with Gasteiger partial charge in [0, 0.05) is 19.5 Å². The van der Waals surface area contributed by atoms with E-state index in [0.29, 0.717) is 0 Å². The Balaban J connectivity index is 2.01. The highest BCUT2D eigenvalue weighted by Crippen LogP contribution is 2.09. The zero-order valence-corrected chi connectivity index (χ0v) is 12.5. The van der Waals surface area contributed by atoms with Gasteiger partial charge >= 0.3 is 0 Å². The van der Waals surface area contributed by atoms with Crippen LogP contribution in [-0.2, 0) is 0 Å². The van der Waals surface area contributed by atoms with E-state index in [4.69, 9.17) is 5.11 Å². The van der Waals surface area contributed by atoms with Gasteiger partial charge in [-0.25, -0.2) is 0 Å². The van der Waals surface area contributed by atoms with Gasteiger partial charge in [-0.1, -0.05) is 51.2 Å². The standard InChI is InChI=1S/C16H30N2O/c1-2-3-4-5-6-7-8-9-10-11-16-17-12-13-18(16)14-15-19/h9-10,19H,2-8,11-15H2,1H3/b10-9+. The van der Waals surface area contributed by atoms with Crippen LogP contribution in [0.2, 0.25) is 0 Å². The Morgan fingerprint density at radius 2 is 1.95 bits per heavy atom. The Hall–Kier alpha value is -0.830. The number of β-amino-alcohol motifs (C(OH)–C–C–N with tert-alkyl or cyclic N) is 1. The van der Waals surface area contributed by atoms with E-state index in [1.807, 2.05) is 0 Å². The predicted molar refractivity (Wildman–Crippen MR) is 82.7 cm³/mol. The maximum absolute atomic E-state index is 8.96. The van der Waals surface area contributed by atoms with Crippen molar-refractivity contribution in [3.05, 3.63) is 12.2 Å². The molecule has 1 aliphatic rings. The van der Waals surface area contributed by atoms with E-state index in [9.17, 15) is 0 Å². The number of aliphatic hydroxyl groups is 1. The summed E-state index contributed by atoms with van der Waals surface area (Å²) in [6.07, 6.45) is 14.8. The van der Waals surface area contributed by atoms with E-state index in [1.54, 1.807) is 0 Å². The lowest BCUT2D eigenvalue weighted by Gasteiger charge is -2.17. The first-order chi connectivity index (χ1) is 9.38. The normalized spacial score (nSPS) is 15.5. The Morgan fingerprint density at radius 1 is 1.16 bits per heavy atom. The van der Waals surface area contributed by atoms with Gasteiger partial charge < -0.3 is 10.0 Å². The molecule has 1 rings (SSSR count). The van der Waals surface area contributed by atoms with Crippen molar-refractivity contribution in [2.24, 2.45) is 4.99 Å². The molecule has 1 aliphatic heterocycles. The van der Waals surface area contributed by atoms with Crippen LogP contribution in [0.15, 0.2) is 17.1 Å². The molecule has 1 N–H and O–H groups in total. The van der Waals surface area contributed by atoms with Gasteiger partial charge in [0.05, 0.1) is 13.2 Å². The minimum Gasteiger partial charge on any atom is -0.395 e. The Bertz CT molecular complexity index is 274. The van der Waals surface area contributed by atoms with Gasteiger partial charge in [-0.05, 0) is 12.8 Å². The number of hydrogen-bond donors (Lipinski definition) is 1. The van der Waals surface area contributed by atoms with Crippen molar-refractivity contribution in [2.45, 2.75) is 58.3 Å². The van der Waals surface area contributed by atoms with Crippen LogP contribution in [0.5, 0.6) is 0 Å². The topological polar surface area (TPSA) is 35.8 Å². The summed E-state index contributed by atoms with van der Waals surface area (Å²) in [4.78, 5) is 6.67. The van der Waals surface area contributed by atoms with Gasteiger partial charge in [-0.15, -0.1) is 0 Å². The molecule has 0 saturated heterocycles. The number of hydrogen-bond acceptors (Lipinski definition) is 3. The SMILES string of the molecule is CCCCCCCC/C=C/CC1=NCCN1CCO. The monoisotopic (exact) mass is 266 g/mol. The average Bonchev–Trinajstić information content (AvgIpc) is 2.85. The third-order valence-corrected chi connectivity index (χ3v) is 3.59. The van der Waals surface area contributed by atoms with Gasteiger partial charge in [-0.3, -0.25) is 4.99 Å². The van der Waals surface area contributed by atoms with Crippen molar-refractivity contribution < 1.29 is 5.11 Å². The van der Waals surface area contributed by atoms with Gasteiger partial charge in [0.1, 0.15) is 5.84 Å². The first kappa shape index (κ1) is 16.2. The molecule has 0 spiro atoms. The molecule has 0 fully saturated rings. The van der Waals surface area contributed by atoms with Crippen LogP contribution < -0.4 is 0 Å². The number of aliphatic imine (C=N–C) groups is 1. The fourth-order valence-electron chi connectivity index (χ4n) is 2.43. The number of aliphatic hydroxyl groups excluding tert-OH is 1. The predicted octanol–water partition coefficient (Wildman–Crippen LogP) is 3.39. The lowest BCUT2D eigenvalue weighted by atomic mass is 10.1. The van der Waals surface area contributed by atoms with Crippen molar-refractivity contribution in [1.29, 1.82) is 0 Å². The minimum atomic E-state index is 0.223. The van der Waals surface area contributed by atoms with Crippen LogP contribution in [-0.4, -0.2) is 42.1 Å². The van der Waals surface area contributed by atoms with Gasteiger partial charge in [0.2, 0.25) is 0 Å². The van der Waals surface area contributed by atoms with Crippen LogP contribution in [0.4, 0.5) is 0 Å². The zero-order valence-electron chi connectivity index (χ0n) is 12.5. The molecule has 19 heavy (non-hydrogen) atoms. The van der Waals surface area contributed by atoms with E-state index < -0.39 is 0 Å². The molecule has 0 aromatic carbocycles. The second kappa shape index (κ2) is 11.0. The molecule has 0 atom stereocenters. The van der Waals surface area contributed by atoms with Gasteiger partial charge in [-0.2, -0.15) is 0 Å². The Kier molecular flexibility index (Phi) is 9.42.